The van der Waals surface area contributed by atoms with Crippen LogP contribution in [-0.4, -0.2) is 35.6 Å². The molecule has 0 radical (unpaired) electrons. The van der Waals surface area contributed by atoms with E-state index in [-0.39, 0.29) is 17.0 Å². The summed E-state index contributed by atoms with van der Waals surface area (Å²) < 4.78 is 28.9. The molecule has 0 bridgehead atoms. The van der Waals surface area contributed by atoms with Crippen molar-refractivity contribution in [2.75, 3.05) is 11.9 Å². The van der Waals surface area contributed by atoms with Crippen molar-refractivity contribution in [2.45, 2.75) is 37.1 Å². The van der Waals surface area contributed by atoms with Gasteiger partial charge in [-0.1, -0.05) is 18.4 Å². The summed E-state index contributed by atoms with van der Waals surface area (Å²) in [5.41, 5.74) is 1.74. The zero-order chi connectivity index (χ0) is 22.6. The number of amides is 1. The maximum absolute atomic E-state index is 12.7. The first-order chi connectivity index (χ1) is 15.5. The fraction of sp³-hybridized carbons (Fsp3) is 0.261. The standard InChI is InChI=1S/C23H23N5O3S/c1-2-14-24-32(30,31)20-8-6-7-18(16-20)23(29)25-19-12-10-17(11-13-19)22-27-26-21-9-4-3-5-15-28(21)22/h1,6-8,10-13,16,24H,3-5,9,14-15H2,(H,25,29). The van der Waals surface area contributed by atoms with E-state index < -0.39 is 15.9 Å². The van der Waals surface area contributed by atoms with Crippen LogP contribution >= 0.6 is 0 Å². The molecular formula is C23H23N5O3S. The first-order valence-electron chi connectivity index (χ1n) is 10.3. The quantitative estimate of drug-likeness (QED) is 0.563. The molecule has 32 heavy (non-hydrogen) atoms. The highest BCUT2D eigenvalue weighted by atomic mass is 32.2. The lowest BCUT2D eigenvalue weighted by molar-refractivity contribution is 0.102. The Morgan fingerprint density at radius 2 is 1.91 bits per heavy atom. The van der Waals surface area contributed by atoms with Gasteiger partial charge in [0.15, 0.2) is 5.82 Å². The number of carbonyl (C=O) groups is 1. The van der Waals surface area contributed by atoms with Crippen LogP contribution in [0.25, 0.3) is 11.4 Å². The minimum Gasteiger partial charge on any atom is -0.322 e. The van der Waals surface area contributed by atoms with Crippen molar-refractivity contribution >= 4 is 21.6 Å². The lowest BCUT2D eigenvalue weighted by atomic mass is 10.1. The number of sulfonamides is 1. The minimum atomic E-state index is -3.78. The van der Waals surface area contributed by atoms with Crippen molar-refractivity contribution in [2.24, 2.45) is 0 Å². The summed E-state index contributed by atoms with van der Waals surface area (Å²) >= 11 is 0. The molecule has 164 valence electrons. The Hall–Kier alpha value is -3.48. The van der Waals surface area contributed by atoms with E-state index in [0.29, 0.717) is 5.69 Å². The number of hydrogen-bond acceptors (Lipinski definition) is 5. The number of carbonyl (C=O) groups excluding carboxylic acids is 1. The van der Waals surface area contributed by atoms with Crippen molar-refractivity contribution < 1.29 is 13.2 Å². The van der Waals surface area contributed by atoms with Crippen LogP contribution in [0, 0.1) is 12.3 Å². The van der Waals surface area contributed by atoms with Crippen molar-refractivity contribution in [3.63, 3.8) is 0 Å². The number of terminal acetylenes is 1. The Balaban J connectivity index is 1.49. The van der Waals surface area contributed by atoms with Crippen LogP contribution in [0.15, 0.2) is 53.4 Å². The first-order valence-corrected chi connectivity index (χ1v) is 11.8. The van der Waals surface area contributed by atoms with Crippen LogP contribution in [0.1, 0.15) is 35.4 Å². The molecule has 0 unspecified atom stereocenters. The number of nitrogens with one attached hydrogen (secondary N) is 2. The maximum Gasteiger partial charge on any atom is 0.255 e. The van der Waals surface area contributed by atoms with E-state index in [0.717, 1.165) is 43.0 Å². The number of fused-ring (bicyclic) bond motifs is 1. The lowest BCUT2D eigenvalue weighted by Crippen LogP contribution is -2.24. The smallest absolute Gasteiger partial charge is 0.255 e. The number of rotatable bonds is 6. The van der Waals surface area contributed by atoms with Gasteiger partial charge in [-0.3, -0.25) is 4.79 Å². The Bertz CT molecular complexity index is 1270. The average molecular weight is 450 g/mol. The van der Waals surface area contributed by atoms with Gasteiger partial charge < -0.3 is 9.88 Å². The van der Waals surface area contributed by atoms with Gasteiger partial charge in [-0.05, 0) is 55.3 Å². The summed E-state index contributed by atoms with van der Waals surface area (Å²) in [6, 6.07) is 13.2. The molecule has 0 spiro atoms. The van der Waals surface area contributed by atoms with E-state index in [4.69, 9.17) is 6.42 Å². The molecule has 1 aliphatic rings. The van der Waals surface area contributed by atoms with Crippen LogP contribution in [0.2, 0.25) is 0 Å². The molecule has 0 fully saturated rings. The molecule has 3 aromatic rings. The third-order valence-corrected chi connectivity index (χ3v) is 6.68. The molecule has 1 aliphatic heterocycles. The third-order valence-electron chi connectivity index (χ3n) is 5.28. The van der Waals surface area contributed by atoms with E-state index in [9.17, 15) is 13.2 Å². The van der Waals surface area contributed by atoms with Crippen LogP contribution in [0.4, 0.5) is 5.69 Å². The molecule has 4 rings (SSSR count). The van der Waals surface area contributed by atoms with Crippen LogP contribution in [0.3, 0.4) is 0 Å². The highest BCUT2D eigenvalue weighted by molar-refractivity contribution is 7.89. The highest BCUT2D eigenvalue weighted by Crippen LogP contribution is 2.24. The molecule has 0 aliphatic carbocycles. The number of nitrogens with zero attached hydrogens (tertiary/aromatic N) is 3. The number of benzene rings is 2. The van der Waals surface area contributed by atoms with Gasteiger partial charge in [0, 0.05) is 29.8 Å². The van der Waals surface area contributed by atoms with E-state index >= 15 is 0 Å². The average Bonchev–Trinajstić information content (AvgIpc) is 3.06. The predicted octanol–water partition coefficient (Wildman–Crippen LogP) is 2.84. The Morgan fingerprint density at radius 1 is 1.09 bits per heavy atom. The van der Waals surface area contributed by atoms with Gasteiger partial charge in [0.2, 0.25) is 10.0 Å². The predicted molar refractivity (Wildman–Crippen MR) is 121 cm³/mol. The number of anilines is 1. The number of aryl methyl sites for hydroxylation is 1. The van der Waals surface area contributed by atoms with Crippen molar-refractivity contribution in [3.05, 3.63) is 59.9 Å². The Kier molecular flexibility index (Phi) is 6.35. The van der Waals surface area contributed by atoms with E-state index in [1.807, 2.05) is 12.1 Å². The molecule has 1 aromatic heterocycles. The van der Waals surface area contributed by atoms with Gasteiger partial charge in [0.05, 0.1) is 11.4 Å². The second-order valence-electron chi connectivity index (χ2n) is 7.49. The van der Waals surface area contributed by atoms with Gasteiger partial charge in [-0.25, -0.2) is 8.42 Å². The molecule has 8 nitrogen and oxygen atoms in total. The van der Waals surface area contributed by atoms with E-state index in [1.165, 1.54) is 24.6 Å². The third kappa shape index (κ3) is 4.72. The molecule has 2 aromatic carbocycles. The zero-order valence-electron chi connectivity index (χ0n) is 17.4. The monoisotopic (exact) mass is 449 g/mol. The summed E-state index contributed by atoms with van der Waals surface area (Å²) in [7, 11) is -3.78. The second-order valence-corrected chi connectivity index (χ2v) is 9.26. The van der Waals surface area contributed by atoms with Crippen LogP contribution < -0.4 is 10.0 Å². The molecule has 0 atom stereocenters. The van der Waals surface area contributed by atoms with Crippen LogP contribution in [-0.2, 0) is 23.0 Å². The molecular weight excluding hydrogens is 426 g/mol. The largest absolute Gasteiger partial charge is 0.322 e. The summed E-state index contributed by atoms with van der Waals surface area (Å²) in [6.07, 6.45) is 9.48. The fourth-order valence-electron chi connectivity index (χ4n) is 3.63. The van der Waals surface area contributed by atoms with Crippen molar-refractivity contribution in [1.29, 1.82) is 0 Å². The van der Waals surface area contributed by atoms with E-state index in [1.54, 1.807) is 18.2 Å². The number of aromatic nitrogens is 3. The molecule has 0 saturated carbocycles. The Morgan fingerprint density at radius 3 is 2.69 bits per heavy atom. The first kappa shape index (κ1) is 21.7. The molecule has 2 heterocycles. The highest BCUT2D eigenvalue weighted by Gasteiger charge is 2.17. The lowest BCUT2D eigenvalue weighted by Gasteiger charge is -2.10. The zero-order valence-corrected chi connectivity index (χ0v) is 18.2. The normalized spacial score (nSPS) is 13.6. The van der Waals surface area contributed by atoms with Crippen molar-refractivity contribution in [1.82, 2.24) is 19.5 Å². The van der Waals surface area contributed by atoms with Gasteiger partial charge >= 0.3 is 0 Å². The second kappa shape index (κ2) is 9.34. The SMILES string of the molecule is C#CCNS(=O)(=O)c1cccc(C(=O)Nc2ccc(-c3nnc4n3CCCCC4)cc2)c1. The summed E-state index contributed by atoms with van der Waals surface area (Å²) in [6.45, 7) is 0.784. The molecule has 2 N–H and O–H groups in total. The molecule has 0 saturated heterocycles. The topological polar surface area (TPSA) is 106 Å². The maximum atomic E-state index is 12.7. The van der Waals surface area contributed by atoms with Gasteiger partial charge in [-0.2, -0.15) is 4.72 Å². The van der Waals surface area contributed by atoms with E-state index in [2.05, 4.69) is 30.7 Å². The molecule has 1 amide bonds. The summed E-state index contributed by atoms with van der Waals surface area (Å²) in [5.74, 6) is 3.65. The number of hydrogen-bond donors (Lipinski definition) is 2. The fourth-order valence-corrected chi connectivity index (χ4v) is 4.61. The summed E-state index contributed by atoms with van der Waals surface area (Å²) in [5, 5.41) is 11.5. The Labute approximate surface area is 187 Å². The van der Waals surface area contributed by atoms with Gasteiger partial charge in [0.25, 0.3) is 5.91 Å². The summed E-state index contributed by atoms with van der Waals surface area (Å²) in [4.78, 5) is 12.6. The van der Waals surface area contributed by atoms with Gasteiger partial charge in [0.1, 0.15) is 5.82 Å². The van der Waals surface area contributed by atoms with Crippen molar-refractivity contribution in [3.8, 4) is 23.7 Å². The molecule has 9 heteroatoms. The van der Waals surface area contributed by atoms with Crippen LogP contribution in [0.5, 0.6) is 0 Å². The van der Waals surface area contributed by atoms with Gasteiger partial charge in [-0.15, -0.1) is 16.6 Å². The minimum absolute atomic E-state index is 0.0248.